The van der Waals surface area contributed by atoms with Gasteiger partial charge in [-0.15, -0.1) is 0 Å². The molecule has 0 amide bonds. The number of hydrogen-bond donors (Lipinski definition) is 0. The molecule has 128 valence electrons. The lowest BCUT2D eigenvalue weighted by Gasteiger charge is -1.90. The first-order chi connectivity index (χ1) is 11.0. The maximum atomic E-state index is 2.12. The van der Waals surface area contributed by atoms with Crippen LogP contribution in [0.2, 0.25) is 0 Å². The highest BCUT2D eigenvalue weighted by atomic mass is 13.9. The number of benzene rings is 3. The molecule has 0 heterocycles. The predicted molar refractivity (Wildman–Crippen MR) is 110 cm³/mol. The van der Waals surface area contributed by atoms with Crippen LogP contribution in [0.15, 0.2) is 78.9 Å². The molecule has 0 bridgehead atoms. The maximum Gasteiger partial charge on any atom is -0.0398 e. The Bertz CT molecular complexity index is 561. The standard InChI is InChI=1S/2C8H10.C7H8.CH4/c2*1-7-3-5-8(2)6-4-7;1-7-5-3-2-4-6-7;/h2*3-6H,1-2H3;2-6H,1H3;1H4. The Balaban J connectivity index is 0.000000325. The lowest BCUT2D eigenvalue weighted by Crippen LogP contribution is -1.70. The highest BCUT2D eigenvalue weighted by Gasteiger charge is 1.80. The van der Waals surface area contributed by atoms with Crippen molar-refractivity contribution in [2.45, 2.75) is 42.0 Å². The molecule has 0 radical (unpaired) electrons. The molecule has 0 spiro atoms. The number of rotatable bonds is 0. The first-order valence-electron chi connectivity index (χ1n) is 8.05. The Morgan fingerprint density at radius 3 is 0.708 bits per heavy atom. The molecule has 3 aromatic carbocycles. The van der Waals surface area contributed by atoms with E-state index < -0.39 is 0 Å². The molecule has 0 nitrogen and oxygen atoms in total. The summed E-state index contributed by atoms with van der Waals surface area (Å²) in [7, 11) is 0. The molecule has 0 aliphatic heterocycles. The largest absolute Gasteiger partial charge is 0.0776 e. The first kappa shape index (κ1) is 21.7. The summed E-state index contributed by atoms with van der Waals surface area (Å²) in [5, 5.41) is 0. The van der Waals surface area contributed by atoms with Gasteiger partial charge in [-0.3, -0.25) is 0 Å². The Morgan fingerprint density at radius 1 is 0.333 bits per heavy atom. The lowest BCUT2D eigenvalue weighted by atomic mass is 10.2. The van der Waals surface area contributed by atoms with Crippen molar-refractivity contribution in [2.75, 3.05) is 0 Å². The summed E-state index contributed by atoms with van der Waals surface area (Å²) in [6, 6.07) is 27.2. The van der Waals surface area contributed by atoms with Crippen LogP contribution in [0, 0.1) is 34.6 Å². The van der Waals surface area contributed by atoms with E-state index in [1.807, 2.05) is 18.2 Å². The van der Waals surface area contributed by atoms with Crippen molar-refractivity contribution in [1.82, 2.24) is 0 Å². The minimum absolute atomic E-state index is 0. The summed E-state index contributed by atoms with van der Waals surface area (Å²) >= 11 is 0. The highest BCUT2D eigenvalue weighted by molar-refractivity contribution is 5.20. The van der Waals surface area contributed by atoms with Crippen molar-refractivity contribution in [3.63, 3.8) is 0 Å². The molecular formula is C24H32. The van der Waals surface area contributed by atoms with Crippen molar-refractivity contribution in [2.24, 2.45) is 0 Å². The minimum atomic E-state index is 0. The van der Waals surface area contributed by atoms with E-state index in [0.717, 1.165) is 0 Å². The van der Waals surface area contributed by atoms with Crippen molar-refractivity contribution >= 4 is 0 Å². The fourth-order valence-corrected chi connectivity index (χ4v) is 1.81. The van der Waals surface area contributed by atoms with Gasteiger partial charge in [0.2, 0.25) is 0 Å². The molecule has 0 aromatic heterocycles. The maximum absolute atomic E-state index is 2.12. The van der Waals surface area contributed by atoms with Gasteiger partial charge in [-0.05, 0) is 34.6 Å². The molecule has 0 saturated carbocycles. The fourth-order valence-electron chi connectivity index (χ4n) is 1.81. The van der Waals surface area contributed by atoms with E-state index in [-0.39, 0.29) is 7.43 Å². The van der Waals surface area contributed by atoms with Gasteiger partial charge >= 0.3 is 0 Å². The van der Waals surface area contributed by atoms with E-state index in [2.05, 4.69) is 95.3 Å². The van der Waals surface area contributed by atoms with Crippen LogP contribution in [-0.2, 0) is 0 Å². The van der Waals surface area contributed by atoms with E-state index in [9.17, 15) is 0 Å². The minimum Gasteiger partial charge on any atom is -0.0776 e. The average Bonchev–Trinajstić information content (AvgIpc) is 2.55. The van der Waals surface area contributed by atoms with Crippen molar-refractivity contribution in [1.29, 1.82) is 0 Å². The Labute approximate surface area is 149 Å². The van der Waals surface area contributed by atoms with Gasteiger partial charge in [-0.25, -0.2) is 0 Å². The molecule has 0 saturated heterocycles. The molecule has 0 atom stereocenters. The lowest BCUT2D eigenvalue weighted by molar-refractivity contribution is 1.40. The predicted octanol–water partition coefficient (Wildman–Crippen LogP) is 7.24. The van der Waals surface area contributed by atoms with Gasteiger partial charge < -0.3 is 0 Å². The van der Waals surface area contributed by atoms with Gasteiger partial charge in [0.1, 0.15) is 0 Å². The molecule has 0 aliphatic carbocycles. The van der Waals surface area contributed by atoms with Crippen LogP contribution in [0.5, 0.6) is 0 Å². The molecule has 0 fully saturated rings. The second-order valence-corrected chi connectivity index (χ2v) is 5.96. The molecule has 3 aromatic rings. The van der Waals surface area contributed by atoms with Crippen molar-refractivity contribution in [3.8, 4) is 0 Å². The van der Waals surface area contributed by atoms with E-state index in [1.165, 1.54) is 27.8 Å². The zero-order valence-corrected chi connectivity index (χ0v) is 15.0. The normalized spacial score (nSPS) is 8.71. The van der Waals surface area contributed by atoms with Crippen LogP contribution in [0.25, 0.3) is 0 Å². The summed E-state index contributed by atoms with van der Waals surface area (Å²) in [6.07, 6.45) is 0. The van der Waals surface area contributed by atoms with Gasteiger partial charge in [0.15, 0.2) is 0 Å². The Kier molecular flexibility index (Phi) is 10.9. The van der Waals surface area contributed by atoms with Crippen LogP contribution < -0.4 is 0 Å². The summed E-state index contributed by atoms with van der Waals surface area (Å²) in [4.78, 5) is 0. The third-order valence-corrected chi connectivity index (χ3v) is 3.38. The molecule has 0 N–H and O–H groups in total. The number of hydrogen-bond acceptors (Lipinski definition) is 0. The van der Waals surface area contributed by atoms with Crippen LogP contribution in [-0.4, -0.2) is 0 Å². The zero-order valence-electron chi connectivity index (χ0n) is 15.0. The van der Waals surface area contributed by atoms with Gasteiger partial charge in [0.25, 0.3) is 0 Å². The molecule has 3 rings (SSSR count). The topological polar surface area (TPSA) is 0 Å². The third kappa shape index (κ3) is 10.4. The number of aryl methyl sites for hydroxylation is 5. The van der Waals surface area contributed by atoms with Gasteiger partial charge in [0.05, 0.1) is 0 Å². The quantitative estimate of drug-likeness (QED) is 0.409. The molecule has 24 heavy (non-hydrogen) atoms. The molecular weight excluding hydrogens is 288 g/mol. The van der Waals surface area contributed by atoms with Crippen LogP contribution in [0.4, 0.5) is 0 Å². The summed E-state index contributed by atoms with van der Waals surface area (Å²) in [5.41, 5.74) is 6.64. The van der Waals surface area contributed by atoms with Crippen LogP contribution in [0.3, 0.4) is 0 Å². The third-order valence-electron chi connectivity index (χ3n) is 3.38. The second kappa shape index (κ2) is 12.1. The van der Waals surface area contributed by atoms with Crippen molar-refractivity contribution < 1.29 is 0 Å². The highest BCUT2D eigenvalue weighted by Crippen LogP contribution is 2.00. The summed E-state index contributed by atoms with van der Waals surface area (Å²) in [5.74, 6) is 0. The molecule has 0 unspecified atom stereocenters. The van der Waals surface area contributed by atoms with Gasteiger partial charge in [0, 0.05) is 0 Å². The summed E-state index contributed by atoms with van der Waals surface area (Å²) < 4.78 is 0. The first-order valence-corrected chi connectivity index (χ1v) is 8.05. The van der Waals surface area contributed by atoms with Crippen LogP contribution >= 0.6 is 0 Å². The second-order valence-electron chi connectivity index (χ2n) is 5.96. The Morgan fingerprint density at radius 2 is 0.542 bits per heavy atom. The monoisotopic (exact) mass is 320 g/mol. The SMILES string of the molecule is C.Cc1ccc(C)cc1.Cc1ccc(C)cc1.Cc1ccccc1. The van der Waals surface area contributed by atoms with Crippen molar-refractivity contribution in [3.05, 3.63) is 107 Å². The van der Waals surface area contributed by atoms with E-state index >= 15 is 0 Å². The molecule has 0 aliphatic rings. The zero-order chi connectivity index (χ0) is 17.1. The van der Waals surface area contributed by atoms with E-state index in [4.69, 9.17) is 0 Å². The fraction of sp³-hybridized carbons (Fsp3) is 0.250. The average molecular weight is 321 g/mol. The molecule has 0 heteroatoms. The smallest absolute Gasteiger partial charge is 0.0398 e. The van der Waals surface area contributed by atoms with Gasteiger partial charge in [-0.1, -0.05) is 114 Å². The van der Waals surface area contributed by atoms with Gasteiger partial charge in [-0.2, -0.15) is 0 Å². The summed E-state index contributed by atoms with van der Waals surface area (Å²) in [6.45, 7) is 10.5. The van der Waals surface area contributed by atoms with E-state index in [0.29, 0.717) is 0 Å². The van der Waals surface area contributed by atoms with E-state index in [1.54, 1.807) is 0 Å². The Hall–Kier alpha value is -2.34. The van der Waals surface area contributed by atoms with Crippen LogP contribution in [0.1, 0.15) is 35.2 Å².